The molecular formula is C7H11N2O+. The molecule has 0 spiro atoms. The normalized spacial score (nSPS) is 16.5. The Hall–Kier alpha value is -1.17. The van der Waals surface area contributed by atoms with Crippen LogP contribution in [0.25, 0.3) is 0 Å². The first kappa shape index (κ1) is 6.94. The van der Waals surface area contributed by atoms with Crippen molar-refractivity contribution in [2.24, 2.45) is 0 Å². The van der Waals surface area contributed by atoms with Gasteiger partial charge in [0, 0.05) is 0 Å². The molecule has 3 heteroatoms. The van der Waals surface area contributed by atoms with Crippen molar-refractivity contribution in [2.75, 3.05) is 20.7 Å². The van der Waals surface area contributed by atoms with E-state index in [2.05, 4.69) is 10.5 Å². The summed E-state index contributed by atoms with van der Waals surface area (Å²) in [6.07, 6.45) is 0. The molecule has 0 unspecified atom stereocenters. The highest BCUT2D eigenvalue weighted by molar-refractivity contribution is 5.79. The summed E-state index contributed by atoms with van der Waals surface area (Å²) in [5.41, 5.74) is 1.13. The van der Waals surface area contributed by atoms with Crippen LogP contribution in [0.15, 0.2) is 5.57 Å². The molecule has 0 N–H and O–H groups in total. The van der Waals surface area contributed by atoms with Crippen LogP contribution in [0.5, 0.6) is 0 Å². The summed E-state index contributed by atoms with van der Waals surface area (Å²) in [6.45, 7) is 2.85. The fourth-order valence-corrected chi connectivity index (χ4v) is 0.889. The molecule has 1 rings (SSSR count). The zero-order valence-corrected chi connectivity index (χ0v) is 6.51. The predicted octanol–water partition coefficient (Wildman–Crippen LogP) is -0.383. The third-order valence-electron chi connectivity index (χ3n) is 1.33. The van der Waals surface area contributed by atoms with Crippen molar-refractivity contribution in [1.82, 2.24) is 9.57 Å². The first-order chi connectivity index (χ1) is 4.74. The quantitative estimate of drug-likeness (QED) is 0.428. The van der Waals surface area contributed by atoms with Gasteiger partial charge in [-0.2, -0.15) is 0 Å². The van der Waals surface area contributed by atoms with Gasteiger partial charge in [0.15, 0.2) is 5.87 Å². The van der Waals surface area contributed by atoms with Crippen LogP contribution >= 0.6 is 0 Å². The van der Waals surface area contributed by atoms with Gasteiger partial charge in [0.2, 0.25) is 0 Å². The fourth-order valence-electron chi connectivity index (χ4n) is 0.889. The number of nitrogens with zero attached hydrogens (tertiary/aromatic N) is 2. The molecule has 1 aliphatic rings. The van der Waals surface area contributed by atoms with Gasteiger partial charge in [-0.25, -0.2) is 4.90 Å². The Morgan fingerprint density at radius 2 is 2.40 bits per heavy atom. The molecule has 0 bridgehead atoms. The van der Waals surface area contributed by atoms with E-state index in [1.54, 1.807) is 7.11 Å². The highest BCUT2D eigenvalue weighted by Gasteiger charge is 2.20. The lowest BCUT2D eigenvalue weighted by atomic mass is 10.3. The molecule has 1 heterocycles. The predicted molar refractivity (Wildman–Crippen MR) is 41.0 cm³/mol. The minimum atomic E-state index is 0.630. The third-order valence-corrected chi connectivity index (χ3v) is 1.33. The Morgan fingerprint density at radius 3 is 2.90 bits per heavy atom. The van der Waals surface area contributed by atoms with Crippen LogP contribution in [-0.2, 0) is 4.74 Å². The van der Waals surface area contributed by atoms with Crippen LogP contribution < -0.4 is 4.67 Å². The van der Waals surface area contributed by atoms with Crippen LogP contribution in [0.2, 0.25) is 0 Å². The van der Waals surface area contributed by atoms with Gasteiger partial charge in [-0.1, -0.05) is 0 Å². The molecule has 0 aromatic rings. The highest BCUT2D eigenvalue weighted by Crippen LogP contribution is 1.94. The summed E-state index contributed by atoms with van der Waals surface area (Å²) in [5, 5.41) is 0. The SMILES string of the molecule is COC1=[N+]=C=C(C)CN1C. The fraction of sp³-hybridized carbons (Fsp3) is 0.571. The molecule has 1 aliphatic heterocycles. The average Bonchev–Trinajstić information content (AvgIpc) is 1.88. The molecule has 0 radical (unpaired) electrons. The summed E-state index contributed by atoms with van der Waals surface area (Å²) in [6, 6.07) is 0.630. The summed E-state index contributed by atoms with van der Waals surface area (Å²) in [5.74, 6) is 2.85. The highest BCUT2D eigenvalue weighted by atomic mass is 16.5. The van der Waals surface area contributed by atoms with Gasteiger partial charge in [-0.3, -0.25) is 0 Å². The third kappa shape index (κ3) is 1.21. The van der Waals surface area contributed by atoms with E-state index < -0.39 is 0 Å². The van der Waals surface area contributed by atoms with Crippen molar-refractivity contribution in [2.45, 2.75) is 6.92 Å². The maximum Gasteiger partial charge on any atom is 0.559 e. The van der Waals surface area contributed by atoms with Crippen molar-refractivity contribution in [1.29, 1.82) is 0 Å². The van der Waals surface area contributed by atoms with E-state index in [0.717, 1.165) is 12.1 Å². The number of rotatable bonds is 0. The zero-order valence-electron chi connectivity index (χ0n) is 6.51. The lowest BCUT2D eigenvalue weighted by Crippen LogP contribution is -2.33. The Morgan fingerprint density at radius 1 is 1.70 bits per heavy atom. The molecule has 0 aromatic carbocycles. The van der Waals surface area contributed by atoms with Crippen LogP contribution in [-0.4, -0.2) is 37.5 Å². The van der Waals surface area contributed by atoms with Crippen LogP contribution in [0.1, 0.15) is 6.92 Å². The van der Waals surface area contributed by atoms with E-state index in [0.29, 0.717) is 6.02 Å². The van der Waals surface area contributed by atoms with Crippen LogP contribution in [0.4, 0.5) is 0 Å². The first-order valence-corrected chi connectivity index (χ1v) is 3.15. The average molecular weight is 139 g/mol. The first-order valence-electron chi connectivity index (χ1n) is 3.15. The standard InChI is InChI=1S/C7H11N2O/c1-6-4-8-7(10-3)9(2)5-6/h5H2,1-3H3/q+1. The van der Waals surface area contributed by atoms with Crippen molar-refractivity contribution in [3.05, 3.63) is 5.57 Å². The second-order valence-corrected chi connectivity index (χ2v) is 2.35. The van der Waals surface area contributed by atoms with Gasteiger partial charge in [0.25, 0.3) is 0 Å². The number of amidine groups is 1. The van der Waals surface area contributed by atoms with E-state index in [1.807, 2.05) is 18.9 Å². The van der Waals surface area contributed by atoms with Crippen molar-refractivity contribution in [3.63, 3.8) is 0 Å². The smallest absolute Gasteiger partial charge is 0.421 e. The Balaban J connectivity index is 2.97. The number of likely N-dealkylation sites (N-methyl/N-ethyl adjacent to an activating group) is 1. The van der Waals surface area contributed by atoms with Gasteiger partial charge < -0.3 is 4.74 Å². The van der Waals surface area contributed by atoms with Gasteiger partial charge in [0.05, 0.1) is 19.7 Å². The lowest BCUT2D eigenvalue weighted by molar-refractivity contribution is 0.316. The summed E-state index contributed by atoms with van der Waals surface area (Å²) in [4.78, 5) is 1.94. The maximum absolute atomic E-state index is 4.95. The summed E-state index contributed by atoms with van der Waals surface area (Å²) >= 11 is 0. The molecule has 3 nitrogen and oxygen atoms in total. The van der Waals surface area contributed by atoms with Gasteiger partial charge >= 0.3 is 6.02 Å². The van der Waals surface area contributed by atoms with Crippen molar-refractivity contribution < 1.29 is 4.74 Å². The minimum absolute atomic E-state index is 0.630. The van der Waals surface area contributed by atoms with Crippen molar-refractivity contribution in [3.8, 4) is 0 Å². The minimum Gasteiger partial charge on any atom is -0.421 e. The maximum atomic E-state index is 4.95. The summed E-state index contributed by atoms with van der Waals surface area (Å²) in [7, 11) is 3.55. The van der Waals surface area contributed by atoms with Gasteiger partial charge in [-0.05, 0) is 6.92 Å². The topological polar surface area (TPSA) is 26.6 Å². The molecular weight excluding hydrogens is 128 g/mol. The number of hydrogen-bond acceptors (Lipinski definition) is 2. The number of ether oxygens (including phenoxy) is 1. The molecule has 0 aliphatic carbocycles. The number of methoxy groups -OCH3 is 1. The van der Waals surface area contributed by atoms with E-state index >= 15 is 0 Å². The van der Waals surface area contributed by atoms with E-state index in [-0.39, 0.29) is 0 Å². The lowest BCUT2D eigenvalue weighted by Gasteiger charge is -2.07. The van der Waals surface area contributed by atoms with E-state index in [9.17, 15) is 0 Å². The number of hydrogen-bond donors (Lipinski definition) is 0. The molecule has 54 valence electrons. The molecule has 0 aromatic heterocycles. The molecule has 0 saturated heterocycles. The molecule has 0 amide bonds. The molecule has 0 atom stereocenters. The van der Waals surface area contributed by atoms with Gasteiger partial charge in [-0.15, -0.1) is 4.67 Å². The Labute approximate surface area is 60.3 Å². The molecule has 10 heavy (non-hydrogen) atoms. The second kappa shape index (κ2) is 2.61. The van der Waals surface area contributed by atoms with Crippen LogP contribution in [0, 0.1) is 0 Å². The zero-order chi connectivity index (χ0) is 7.56. The van der Waals surface area contributed by atoms with Gasteiger partial charge in [0.1, 0.15) is 6.54 Å². The monoisotopic (exact) mass is 139 g/mol. The van der Waals surface area contributed by atoms with E-state index in [4.69, 9.17) is 4.74 Å². The van der Waals surface area contributed by atoms with Crippen LogP contribution in [0.3, 0.4) is 0 Å². The Kier molecular flexibility index (Phi) is 1.81. The molecule has 0 saturated carbocycles. The summed E-state index contributed by atoms with van der Waals surface area (Å²) < 4.78 is 8.90. The van der Waals surface area contributed by atoms with E-state index in [1.165, 1.54) is 0 Å². The van der Waals surface area contributed by atoms with Crippen molar-refractivity contribution >= 4 is 11.9 Å². The second-order valence-electron chi connectivity index (χ2n) is 2.35. The molecule has 0 fully saturated rings. The largest absolute Gasteiger partial charge is 0.559 e. The Bertz CT molecular complexity index is 232.